The third-order valence-corrected chi connectivity index (χ3v) is 16.5. The second-order valence-corrected chi connectivity index (χ2v) is 21.3. The molecule has 1 aliphatic rings. The van der Waals surface area contributed by atoms with E-state index in [0.29, 0.717) is 11.1 Å². The van der Waals surface area contributed by atoms with E-state index in [4.69, 9.17) is 0 Å². The zero-order chi connectivity index (χ0) is 42.3. The van der Waals surface area contributed by atoms with Gasteiger partial charge in [-0.1, -0.05) is 232 Å². The maximum absolute atomic E-state index is 13.1. The Hall–Kier alpha value is -1.76. The number of unbranched alkanes of at least 4 members (excludes halogenated alkanes) is 34. The minimum atomic E-state index is -0.235. The van der Waals surface area contributed by atoms with Crippen LogP contribution in [0.3, 0.4) is 0 Å². The van der Waals surface area contributed by atoms with Gasteiger partial charge in [-0.2, -0.15) is 0 Å². The smallest absolute Gasteiger partial charge is 0.260 e. The SMILES string of the molecule is CCCCCCCCCCCCCCCCCCCCc1csc(-c2sc(-c3cc(CCCCCCCCCCCCCCCCCCCC)cs3)c3c2C(=O)NC3=O)c1. The molecular weight excluding hydrogens is 791 g/mol. The molecule has 0 fully saturated rings. The van der Waals surface area contributed by atoms with Crippen LogP contribution in [0.2, 0.25) is 0 Å². The Bertz CT molecular complexity index is 1440. The summed E-state index contributed by atoms with van der Waals surface area (Å²) < 4.78 is 0. The summed E-state index contributed by atoms with van der Waals surface area (Å²) in [5.74, 6) is -0.469. The van der Waals surface area contributed by atoms with E-state index in [9.17, 15) is 9.59 Å². The van der Waals surface area contributed by atoms with Crippen LogP contribution in [0.5, 0.6) is 0 Å². The molecule has 0 bridgehead atoms. The van der Waals surface area contributed by atoms with Gasteiger partial charge in [0.05, 0.1) is 20.9 Å². The van der Waals surface area contributed by atoms with Crippen LogP contribution in [-0.2, 0) is 12.8 Å². The second-order valence-electron chi connectivity index (χ2n) is 18.5. The van der Waals surface area contributed by atoms with E-state index in [0.717, 1.165) is 32.4 Å². The number of hydrogen-bond donors (Lipinski definition) is 1. The van der Waals surface area contributed by atoms with Gasteiger partial charge in [-0.15, -0.1) is 34.0 Å². The van der Waals surface area contributed by atoms with Crippen LogP contribution in [0.15, 0.2) is 22.9 Å². The van der Waals surface area contributed by atoms with Crippen molar-refractivity contribution in [3.05, 3.63) is 45.1 Å². The molecule has 3 aromatic rings. The van der Waals surface area contributed by atoms with Crippen molar-refractivity contribution in [2.45, 2.75) is 258 Å². The van der Waals surface area contributed by atoms with Crippen LogP contribution in [0.25, 0.3) is 19.5 Å². The van der Waals surface area contributed by atoms with E-state index in [-0.39, 0.29) is 11.8 Å². The lowest BCUT2D eigenvalue weighted by Gasteiger charge is -2.04. The molecule has 0 saturated carbocycles. The van der Waals surface area contributed by atoms with Crippen molar-refractivity contribution >= 4 is 45.8 Å². The van der Waals surface area contributed by atoms with Crippen LogP contribution in [0.4, 0.5) is 0 Å². The molecule has 1 aliphatic heterocycles. The number of carbonyl (C=O) groups excluding carboxylic acids is 2. The average molecular weight is 878 g/mol. The largest absolute Gasteiger partial charge is 0.288 e. The Kier molecular flexibility index (Phi) is 27.9. The highest BCUT2D eigenvalue weighted by Crippen LogP contribution is 2.47. The van der Waals surface area contributed by atoms with Gasteiger partial charge in [0.1, 0.15) is 0 Å². The predicted octanol–water partition coefficient (Wildman–Crippen LogP) is 19.3. The Balaban J connectivity index is 1.05. The van der Waals surface area contributed by atoms with E-state index >= 15 is 0 Å². The van der Waals surface area contributed by atoms with E-state index in [1.165, 1.54) is 242 Å². The number of amides is 2. The van der Waals surface area contributed by atoms with Crippen molar-refractivity contribution in [1.29, 1.82) is 0 Å². The zero-order valence-electron chi connectivity index (χ0n) is 38.7. The molecular formula is C54H87NO2S3. The minimum Gasteiger partial charge on any atom is -0.288 e. The topological polar surface area (TPSA) is 46.2 Å². The summed E-state index contributed by atoms with van der Waals surface area (Å²) in [5.41, 5.74) is 3.92. The van der Waals surface area contributed by atoms with Crippen LogP contribution in [0, 0.1) is 0 Å². The minimum absolute atomic E-state index is 0.235. The number of aryl methyl sites for hydroxylation is 2. The molecule has 338 valence electrons. The normalized spacial score (nSPS) is 12.6. The monoisotopic (exact) mass is 878 g/mol. The quantitative estimate of drug-likeness (QED) is 0.0457. The summed E-state index contributed by atoms with van der Waals surface area (Å²) in [7, 11) is 0. The molecule has 0 unspecified atom stereocenters. The highest BCUT2D eigenvalue weighted by Gasteiger charge is 2.36. The fourth-order valence-electron chi connectivity index (χ4n) is 9.15. The Morgan fingerprint density at radius 3 is 0.883 bits per heavy atom. The van der Waals surface area contributed by atoms with E-state index in [2.05, 4.69) is 42.1 Å². The van der Waals surface area contributed by atoms with Crippen molar-refractivity contribution in [1.82, 2.24) is 5.32 Å². The number of hydrogen-bond acceptors (Lipinski definition) is 5. The summed E-state index contributed by atoms with van der Waals surface area (Å²) in [5, 5.41) is 7.15. The van der Waals surface area contributed by atoms with Crippen molar-refractivity contribution in [2.75, 3.05) is 0 Å². The molecule has 0 aromatic carbocycles. The van der Waals surface area contributed by atoms with Crippen LogP contribution >= 0.6 is 34.0 Å². The molecule has 3 nitrogen and oxygen atoms in total. The van der Waals surface area contributed by atoms with Gasteiger partial charge in [0.2, 0.25) is 0 Å². The number of carbonyl (C=O) groups is 2. The molecule has 1 N–H and O–H groups in total. The molecule has 60 heavy (non-hydrogen) atoms. The third-order valence-electron chi connectivity index (χ3n) is 13.0. The molecule has 0 saturated heterocycles. The van der Waals surface area contributed by atoms with Gasteiger partial charge in [-0.05, 0) is 59.7 Å². The van der Waals surface area contributed by atoms with Gasteiger partial charge in [0.25, 0.3) is 11.8 Å². The lowest BCUT2D eigenvalue weighted by atomic mass is 10.0. The molecule has 4 heterocycles. The van der Waals surface area contributed by atoms with E-state index < -0.39 is 0 Å². The maximum atomic E-state index is 13.1. The number of fused-ring (bicyclic) bond motifs is 1. The summed E-state index contributed by atoms with van der Waals surface area (Å²) >= 11 is 5.10. The predicted molar refractivity (Wildman–Crippen MR) is 268 cm³/mol. The van der Waals surface area contributed by atoms with Crippen LogP contribution in [-0.4, -0.2) is 11.8 Å². The molecule has 4 rings (SSSR count). The molecule has 0 spiro atoms. The van der Waals surface area contributed by atoms with E-state index in [1.54, 1.807) is 34.0 Å². The first-order valence-electron chi connectivity index (χ1n) is 25.8. The number of nitrogens with one attached hydrogen (secondary N) is 1. The van der Waals surface area contributed by atoms with Gasteiger partial charge in [-0.25, -0.2) is 0 Å². The Morgan fingerprint density at radius 2 is 0.617 bits per heavy atom. The van der Waals surface area contributed by atoms with Crippen molar-refractivity contribution in [3.8, 4) is 19.5 Å². The molecule has 6 heteroatoms. The molecule has 0 radical (unpaired) electrons. The average Bonchev–Trinajstić information content (AvgIpc) is 4.06. The first kappa shape index (κ1) is 50.9. The highest BCUT2D eigenvalue weighted by molar-refractivity contribution is 7.26. The summed E-state index contributed by atoms with van der Waals surface area (Å²) in [6.07, 6.45) is 52.5. The summed E-state index contributed by atoms with van der Waals surface area (Å²) in [6.45, 7) is 4.59. The van der Waals surface area contributed by atoms with Crippen molar-refractivity contribution in [3.63, 3.8) is 0 Å². The fraction of sp³-hybridized carbons (Fsp3) is 0.741. The van der Waals surface area contributed by atoms with Gasteiger partial charge >= 0.3 is 0 Å². The van der Waals surface area contributed by atoms with Crippen molar-refractivity contribution in [2.24, 2.45) is 0 Å². The number of rotatable bonds is 40. The highest BCUT2D eigenvalue weighted by atomic mass is 32.1. The van der Waals surface area contributed by atoms with Gasteiger partial charge in [0, 0.05) is 9.75 Å². The lowest BCUT2D eigenvalue weighted by molar-refractivity contribution is 0.0880. The fourth-order valence-corrected chi connectivity index (χ4v) is 12.6. The Labute approximate surface area is 381 Å². The molecule has 3 aromatic heterocycles. The van der Waals surface area contributed by atoms with Gasteiger partial charge < -0.3 is 0 Å². The maximum Gasteiger partial charge on any atom is 0.260 e. The Morgan fingerprint density at radius 1 is 0.367 bits per heavy atom. The third kappa shape index (κ3) is 20.2. The van der Waals surface area contributed by atoms with E-state index in [1.807, 2.05) is 0 Å². The van der Waals surface area contributed by atoms with Crippen LogP contribution in [0.1, 0.15) is 277 Å². The zero-order valence-corrected chi connectivity index (χ0v) is 41.2. The van der Waals surface area contributed by atoms with Crippen molar-refractivity contribution < 1.29 is 9.59 Å². The van der Waals surface area contributed by atoms with Gasteiger partial charge in [-0.3, -0.25) is 14.9 Å². The first-order chi connectivity index (χ1) is 29.6. The first-order valence-corrected chi connectivity index (χ1v) is 28.4. The molecule has 2 amide bonds. The van der Waals surface area contributed by atoms with Gasteiger partial charge in [0.15, 0.2) is 0 Å². The summed E-state index contributed by atoms with van der Waals surface area (Å²) in [4.78, 5) is 30.3. The molecule has 0 aliphatic carbocycles. The van der Waals surface area contributed by atoms with Crippen LogP contribution < -0.4 is 5.32 Å². The molecule has 0 atom stereocenters. The number of imide groups is 1. The summed E-state index contributed by atoms with van der Waals surface area (Å²) in [6, 6.07) is 4.56. The second kappa shape index (κ2) is 32.8. The lowest BCUT2D eigenvalue weighted by Crippen LogP contribution is -2.20. The number of thiophene rings is 3. The standard InChI is InChI=1S/C54H87NO2S3/c1-3-5-7-9-11-13-15-17-19-21-23-25-27-29-31-33-35-37-39-45-41-47(58-43-45)51-49-50(54(57)55-53(49)56)52(60-51)48-42-46(44-59-48)40-38-36-34-32-30-28-26-24-22-20-18-16-14-12-10-8-6-4-2/h41-44H,3-40H2,1-2H3,(H,55,56,57).